The Kier molecular flexibility index (Phi) is 3.91. The van der Waals surface area contributed by atoms with Crippen molar-refractivity contribution in [2.24, 2.45) is 7.05 Å². The van der Waals surface area contributed by atoms with E-state index in [1.807, 2.05) is 33.0 Å². The molecule has 0 aliphatic carbocycles. The van der Waals surface area contributed by atoms with Crippen LogP contribution in [0.25, 0.3) is 11.4 Å². The zero-order valence-electron chi connectivity index (χ0n) is 12.8. The summed E-state index contributed by atoms with van der Waals surface area (Å²) in [7, 11) is 1.82. The van der Waals surface area contributed by atoms with Gasteiger partial charge in [-0.2, -0.15) is 0 Å². The van der Waals surface area contributed by atoms with Gasteiger partial charge >= 0.3 is 0 Å². The Morgan fingerprint density at radius 3 is 2.70 bits per heavy atom. The second kappa shape index (κ2) is 5.88. The average Bonchev–Trinajstić information content (AvgIpc) is 3.07. The first-order valence-corrected chi connectivity index (χ1v) is 7.66. The summed E-state index contributed by atoms with van der Waals surface area (Å²) >= 11 is 1.22. The SMILES string of the molecule is Cc1ccc(Sc2nnc(-c3ccoc3C)n2C)c([N+](=O)[O-])c1. The van der Waals surface area contributed by atoms with E-state index in [2.05, 4.69) is 10.2 Å². The highest BCUT2D eigenvalue weighted by Gasteiger charge is 2.20. The van der Waals surface area contributed by atoms with Gasteiger partial charge < -0.3 is 8.98 Å². The lowest BCUT2D eigenvalue weighted by Crippen LogP contribution is -1.96. The normalized spacial score (nSPS) is 10.9. The zero-order chi connectivity index (χ0) is 16.6. The Hall–Kier alpha value is -2.61. The number of hydrogen-bond donors (Lipinski definition) is 0. The lowest BCUT2D eigenvalue weighted by molar-refractivity contribution is -0.387. The summed E-state index contributed by atoms with van der Waals surface area (Å²) in [5, 5.41) is 20.1. The smallest absolute Gasteiger partial charge is 0.283 e. The van der Waals surface area contributed by atoms with Crippen molar-refractivity contribution in [3.63, 3.8) is 0 Å². The van der Waals surface area contributed by atoms with Gasteiger partial charge in [-0.15, -0.1) is 10.2 Å². The maximum Gasteiger partial charge on any atom is 0.283 e. The predicted octanol–water partition coefficient (Wildman–Crippen LogP) is 3.75. The third-order valence-electron chi connectivity index (χ3n) is 3.45. The highest BCUT2D eigenvalue weighted by atomic mass is 32.2. The minimum Gasteiger partial charge on any atom is -0.469 e. The molecule has 1 aromatic carbocycles. The molecule has 3 rings (SSSR count). The maximum atomic E-state index is 11.2. The molecular formula is C15H14N4O3S. The molecule has 0 bridgehead atoms. The molecular weight excluding hydrogens is 316 g/mol. The van der Waals surface area contributed by atoms with Crippen LogP contribution in [0.2, 0.25) is 0 Å². The summed E-state index contributed by atoms with van der Waals surface area (Å²) in [6.07, 6.45) is 1.59. The molecule has 0 amide bonds. The van der Waals surface area contributed by atoms with Gasteiger partial charge in [-0.1, -0.05) is 6.07 Å². The summed E-state index contributed by atoms with van der Waals surface area (Å²) < 4.78 is 7.09. The van der Waals surface area contributed by atoms with Crippen LogP contribution >= 0.6 is 11.8 Å². The second-order valence-electron chi connectivity index (χ2n) is 5.09. The van der Waals surface area contributed by atoms with Crippen molar-refractivity contribution in [2.45, 2.75) is 23.9 Å². The molecule has 3 aromatic rings. The van der Waals surface area contributed by atoms with E-state index in [0.717, 1.165) is 16.9 Å². The lowest BCUT2D eigenvalue weighted by Gasteiger charge is -2.04. The molecule has 7 nitrogen and oxygen atoms in total. The molecule has 23 heavy (non-hydrogen) atoms. The van der Waals surface area contributed by atoms with Crippen LogP contribution < -0.4 is 0 Å². The minimum absolute atomic E-state index is 0.0686. The van der Waals surface area contributed by atoms with Crippen molar-refractivity contribution >= 4 is 17.4 Å². The fraction of sp³-hybridized carbons (Fsp3) is 0.200. The van der Waals surface area contributed by atoms with Gasteiger partial charge in [0.05, 0.1) is 21.6 Å². The van der Waals surface area contributed by atoms with Crippen LogP contribution in [0.15, 0.2) is 45.0 Å². The van der Waals surface area contributed by atoms with E-state index >= 15 is 0 Å². The molecule has 2 aromatic heterocycles. The van der Waals surface area contributed by atoms with Gasteiger partial charge in [0.25, 0.3) is 5.69 Å². The van der Waals surface area contributed by atoms with Crippen molar-refractivity contribution in [1.82, 2.24) is 14.8 Å². The molecule has 0 fully saturated rings. The third-order valence-corrected chi connectivity index (χ3v) is 4.55. The third kappa shape index (κ3) is 2.85. The lowest BCUT2D eigenvalue weighted by atomic mass is 10.2. The number of nitro groups is 1. The summed E-state index contributed by atoms with van der Waals surface area (Å²) in [5.74, 6) is 1.41. The highest BCUT2D eigenvalue weighted by Crippen LogP contribution is 2.35. The molecule has 118 valence electrons. The molecule has 0 saturated heterocycles. The summed E-state index contributed by atoms with van der Waals surface area (Å²) in [6.45, 7) is 3.67. The first-order valence-electron chi connectivity index (χ1n) is 6.84. The van der Waals surface area contributed by atoms with Crippen molar-refractivity contribution < 1.29 is 9.34 Å². The summed E-state index contributed by atoms with van der Waals surface area (Å²) in [6, 6.07) is 6.95. The van der Waals surface area contributed by atoms with Crippen molar-refractivity contribution in [1.29, 1.82) is 0 Å². The van der Waals surface area contributed by atoms with E-state index in [1.54, 1.807) is 23.0 Å². The Morgan fingerprint density at radius 2 is 2.04 bits per heavy atom. The minimum atomic E-state index is -0.382. The Morgan fingerprint density at radius 1 is 1.26 bits per heavy atom. The van der Waals surface area contributed by atoms with E-state index < -0.39 is 0 Å². The number of aromatic nitrogens is 3. The van der Waals surface area contributed by atoms with Crippen molar-refractivity contribution in [2.75, 3.05) is 0 Å². The molecule has 0 spiro atoms. The van der Waals surface area contributed by atoms with Crippen LogP contribution in [-0.2, 0) is 7.05 Å². The molecule has 0 atom stereocenters. The van der Waals surface area contributed by atoms with Gasteiger partial charge in [0.2, 0.25) is 0 Å². The summed E-state index contributed by atoms with van der Waals surface area (Å²) in [5.41, 5.74) is 1.76. The molecule has 0 aliphatic heterocycles. The van der Waals surface area contributed by atoms with Crippen molar-refractivity contribution in [3.8, 4) is 11.4 Å². The van der Waals surface area contributed by atoms with Crippen LogP contribution in [0.3, 0.4) is 0 Å². The van der Waals surface area contributed by atoms with Crippen LogP contribution in [0.4, 0.5) is 5.69 Å². The number of rotatable bonds is 4. The predicted molar refractivity (Wildman–Crippen MR) is 85.4 cm³/mol. The molecule has 0 aliphatic rings. The topological polar surface area (TPSA) is 87.0 Å². The first kappa shape index (κ1) is 15.3. The largest absolute Gasteiger partial charge is 0.469 e. The van der Waals surface area contributed by atoms with Crippen LogP contribution in [0.5, 0.6) is 0 Å². The maximum absolute atomic E-state index is 11.2. The fourth-order valence-electron chi connectivity index (χ4n) is 2.21. The highest BCUT2D eigenvalue weighted by molar-refractivity contribution is 7.99. The van der Waals surface area contributed by atoms with Gasteiger partial charge in [-0.3, -0.25) is 10.1 Å². The number of aryl methyl sites for hydroxylation is 2. The first-order chi connectivity index (χ1) is 11.0. The number of furan rings is 1. The van der Waals surface area contributed by atoms with E-state index in [0.29, 0.717) is 15.9 Å². The van der Waals surface area contributed by atoms with E-state index in [-0.39, 0.29) is 10.6 Å². The van der Waals surface area contributed by atoms with Gasteiger partial charge in [-0.25, -0.2) is 0 Å². The molecule has 0 saturated carbocycles. The number of nitrogens with zero attached hydrogens (tertiary/aromatic N) is 4. The quantitative estimate of drug-likeness (QED) is 0.535. The standard InChI is InChI=1S/C15H14N4O3S/c1-9-4-5-13(12(8-9)19(20)21)23-15-17-16-14(18(15)3)11-6-7-22-10(11)2/h4-8H,1-3H3. The average molecular weight is 330 g/mol. The number of nitro benzene ring substituents is 1. The zero-order valence-corrected chi connectivity index (χ0v) is 13.6. The molecule has 2 heterocycles. The van der Waals surface area contributed by atoms with Crippen LogP contribution in [0, 0.1) is 24.0 Å². The van der Waals surface area contributed by atoms with Gasteiger partial charge in [0, 0.05) is 13.1 Å². The summed E-state index contributed by atoms with van der Waals surface area (Å²) in [4.78, 5) is 11.4. The Labute approximate surface area is 136 Å². The van der Waals surface area contributed by atoms with Crippen LogP contribution in [0.1, 0.15) is 11.3 Å². The van der Waals surface area contributed by atoms with E-state index in [4.69, 9.17) is 4.42 Å². The van der Waals surface area contributed by atoms with Crippen molar-refractivity contribution in [3.05, 3.63) is 52.0 Å². The van der Waals surface area contributed by atoms with Gasteiger partial charge in [0.15, 0.2) is 11.0 Å². The Bertz CT molecular complexity index is 885. The van der Waals surface area contributed by atoms with Gasteiger partial charge in [0.1, 0.15) is 5.76 Å². The molecule has 0 N–H and O–H groups in total. The number of benzene rings is 1. The molecule has 0 radical (unpaired) electrons. The Balaban J connectivity index is 1.98. The van der Waals surface area contributed by atoms with Crippen LogP contribution in [-0.4, -0.2) is 19.7 Å². The van der Waals surface area contributed by atoms with Gasteiger partial charge in [-0.05, 0) is 43.3 Å². The molecule has 0 unspecified atom stereocenters. The molecule has 8 heteroatoms. The monoisotopic (exact) mass is 330 g/mol. The van der Waals surface area contributed by atoms with E-state index in [1.165, 1.54) is 11.8 Å². The number of hydrogen-bond acceptors (Lipinski definition) is 6. The second-order valence-corrected chi connectivity index (χ2v) is 6.10. The fourth-order valence-corrected chi connectivity index (χ4v) is 3.09. The van der Waals surface area contributed by atoms with E-state index in [9.17, 15) is 10.1 Å².